The van der Waals surface area contributed by atoms with Gasteiger partial charge >= 0.3 is 7.12 Å². The van der Waals surface area contributed by atoms with E-state index in [0.717, 1.165) is 11.0 Å². The van der Waals surface area contributed by atoms with Gasteiger partial charge in [-0.2, -0.15) is 5.26 Å². The Labute approximate surface area is 109 Å². The Hall–Kier alpha value is -1.31. The maximum Gasteiger partial charge on any atom is 0.495 e. The molecule has 1 aliphatic heterocycles. The Kier molecular flexibility index (Phi) is 3.22. The molecule has 0 aliphatic carbocycles. The predicted octanol–water partition coefficient (Wildman–Crippen LogP) is 2.05. The maximum absolute atomic E-state index is 8.86. The summed E-state index contributed by atoms with van der Waals surface area (Å²) in [6, 6.07) is 9.97. The molecule has 1 heterocycles. The fourth-order valence-corrected chi connectivity index (χ4v) is 1.98. The van der Waals surface area contributed by atoms with Crippen LogP contribution >= 0.6 is 0 Å². The van der Waals surface area contributed by atoms with Gasteiger partial charge in [-0.3, -0.25) is 0 Å². The van der Waals surface area contributed by atoms with E-state index in [1.54, 1.807) is 0 Å². The first-order valence-corrected chi connectivity index (χ1v) is 6.18. The Bertz CT molecular complexity index is 475. The van der Waals surface area contributed by atoms with Crippen molar-refractivity contribution in [3.05, 3.63) is 29.8 Å². The molecule has 0 unspecified atom stereocenters. The van der Waals surface area contributed by atoms with Gasteiger partial charge in [0.2, 0.25) is 0 Å². The van der Waals surface area contributed by atoms with Crippen molar-refractivity contribution >= 4 is 12.6 Å². The maximum atomic E-state index is 8.86. The van der Waals surface area contributed by atoms with Crippen LogP contribution in [0.4, 0.5) is 0 Å². The second kappa shape index (κ2) is 4.42. The molecule has 1 aliphatic rings. The molecule has 0 radical (unpaired) electrons. The summed E-state index contributed by atoms with van der Waals surface area (Å²) < 4.78 is 12.0. The summed E-state index contributed by atoms with van der Waals surface area (Å²) in [5.41, 5.74) is 1.23. The highest BCUT2D eigenvalue weighted by Crippen LogP contribution is 2.36. The van der Waals surface area contributed by atoms with Crippen molar-refractivity contribution < 1.29 is 9.31 Å². The highest BCUT2D eigenvalue weighted by atomic mass is 16.7. The van der Waals surface area contributed by atoms with E-state index in [1.165, 1.54) is 0 Å². The molecule has 94 valence electrons. The van der Waals surface area contributed by atoms with Gasteiger partial charge < -0.3 is 9.31 Å². The van der Waals surface area contributed by atoms with E-state index >= 15 is 0 Å². The summed E-state index contributed by atoms with van der Waals surface area (Å²) in [6.07, 6.45) is 0.375. The number of nitrogens with zero attached hydrogens (tertiary/aromatic N) is 1. The monoisotopic (exact) mass is 243 g/mol. The number of benzene rings is 1. The molecule has 4 heteroatoms. The molecule has 3 nitrogen and oxygen atoms in total. The van der Waals surface area contributed by atoms with E-state index in [9.17, 15) is 0 Å². The molecular weight excluding hydrogens is 225 g/mol. The first-order chi connectivity index (χ1) is 8.37. The van der Waals surface area contributed by atoms with Crippen molar-refractivity contribution in [2.24, 2.45) is 0 Å². The number of hydrogen-bond acceptors (Lipinski definition) is 3. The molecule has 0 N–H and O–H groups in total. The third-order valence-corrected chi connectivity index (χ3v) is 3.83. The van der Waals surface area contributed by atoms with Gasteiger partial charge in [0.05, 0.1) is 23.7 Å². The normalized spacial score (nSPS) is 20.7. The summed E-state index contributed by atoms with van der Waals surface area (Å²) in [4.78, 5) is 0. The molecule has 1 fully saturated rings. The van der Waals surface area contributed by atoms with Crippen LogP contribution in [0.25, 0.3) is 0 Å². The first-order valence-electron chi connectivity index (χ1n) is 6.18. The quantitative estimate of drug-likeness (QED) is 0.746. The van der Waals surface area contributed by atoms with Gasteiger partial charge in [0.15, 0.2) is 0 Å². The predicted molar refractivity (Wildman–Crippen MR) is 71.5 cm³/mol. The van der Waals surface area contributed by atoms with Crippen LogP contribution in [0.5, 0.6) is 0 Å². The zero-order chi connectivity index (χ0) is 13.4. The van der Waals surface area contributed by atoms with Gasteiger partial charge in [-0.05, 0) is 38.7 Å². The van der Waals surface area contributed by atoms with Crippen LogP contribution in [0.1, 0.15) is 33.3 Å². The minimum atomic E-state index is -0.389. The average molecular weight is 243 g/mol. The summed E-state index contributed by atoms with van der Waals surface area (Å²) in [6.45, 7) is 8.11. The van der Waals surface area contributed by atoms with E-state index in [1.807, 2.05) is 52.0 Å². The standard InChI is InChI=1S/C14H18BNO2/c1-13(2)14(3,4)18-15(17-13)12-8-6-5-7-11(12)9-10-16/h5-8H,9H2,1-4H3. The van der Waals surface area contributed by atoms with Crippen molar-refractivity contribution in [3.8, 4) is 6.07 Å². The van der Waals surface area contributed by atoms with Crippen LogP contribution < -0.4 is 5.46 Å². The zero-order valence-electron chi connectivity index (χ0n) is 11.4. The van der Waals surface area contributed by atoms with Crippen LogP contribution in [0.2, 0.25) is 0 Å². The van der Waals surface area contributed by atoms with Crippen LogP contribution in [0, 0.1) is 11.3 Å². The fourth-order valence-electron chi connectivity index (χ4n) is 1.98. The van der Waals surface area contributed by atoms with Crippen LogP contribution in [0.3, 0.4) is 0 Å². The van der Waals surface area contributed by atoms with Gasteiger partial charge in [0.1, 0.15) is 0 Å². The van der Waals surface area contributed by atoms with Crippen molar-refractivity contribution in [2.45, 2.75) is 45.3 Å². The number of hydrogen-bond donors (Lipinski definition) is 0. The van der Waals surface area contributed by atoms with E-state index in [-0.39, 0.29) is 18.3 Å². The lowest BCUT2D eigenvalue weighted by Crippen LogP contribution is -2.41. The topological polar surface area (TPSA) is 42.2 Å². The average Bonchev–Trinajstić information content (AvgIpc) is 2.49. The Balaban J connectivity index is 2.33. The lowest BCUT2D eigenvalue weighted by atomic mass is 9.75. The molecule has 0 amide bonds. The Morgan fingerprint density at radius 3 is 2.22 bits per heavy atom. The third-order valence-electron chi connectivity index (χ3n) is 3.83. The van der Waals surface area contributed by atoms with Gasteiger partial charge in [0, 0.05) is 0 Å². The zero-order valence-corrected chi connectivity index (χ0v) is 11.4. The van der Waals surface area contributed by atoms with Crippen LogP contribution in [-0.2, 0) is 15.7 Å². The SMILES string of the molecule is CC1(C)OB(c2ccccc2CC#N)OC1(C)C. The summed E-state index contributed by atoms with van der Waals surface area (Å²) in [5, 5.41) is 8.86. The Morgan fingerprint density at radius 1 is 1.11 bits per heavy atom. The molecule has 0 aromatic heterocycles. The van der Waals surface area contributed by atoms with Gasteiger partial charge in [-0.25, -0.2) is 0 Å². The van der Waals surface area contributed by atoms with Gasteiger partial charge in [-0.1, -0.05) is 24.3 Å². The second-order valence-corrected chi connectivity index (χ2v) is 5.62. The molecule has 0 bridgehead atoms. The van der Waals surface area contributed by atoms with Crippen molar-refractivity contribution in [1.29, 1.82) is 5.26 Å². The van der Waals surface area contributed by atoms with E-state index in [2.05, 4.69) is 6.07 Å². The molecule has 1 saturated heterocycles. The van der Waals surface area contributed by atoms with Crippen molar-refractivity contribution in [2.75, 3.05) is 0 Å². The van der Waals surface area contributed by atoms with Crippen molar-refractivity contribution in [3.63, 3.8) is 0 Å². The molecule has 2 rings (SSSR count). The summed E-state index contributed by atoms with van der Waals surface area (Å²) in [5.74, 6) is 0. The third kappa shape index (κ3) is 2.16. The molecular formula is C14H18BNO2. The van der Waals surface area contributed by atoms with E-state index in [0.29, 0.717) is 6.42 Å². The summed E-state index contributed by atoms with van der Waals surface area (Å²) >= 11 is 0. The molecule has 0 atom stereocenters. The molecule has 0 saturated carbocycles. The van der Waals surface area contributed by atoms with Crippen molar-refractivity contribution in [1.82, 2.24) is 0 Å². The lowest BCUT2D eigenvalue weighted by Gasteiger charge is -2.32. The van der Waals surface area contributed by atoms with Gasteiger partial charge in [-0.15, -0.1) is 0 Å². The highest BCUT2D eigenvalue weighted by molar-refractivity contribution is 6.62. The molecule has 18 heavy (non-hydrogen) atoms. The largest absolute Gasteiger partial charge is 0.495 e. The summed E-state index contributed by atoms with van der Waals surface area (Å²) in [7, 11) is -0.389. The molecule has 0 spiro atoms. The minimum absolute atomic E-state index is 0.350. The Morgan fingerprint density at radius 2 is 1.67 bits per heavy atom. The van der Waals surface area contributed by atoms with E-state index in [4.69, 9.17) is 14.6 Å². The molecule has 1 aromatic carbocycles. The first kappa shape index (κ1) is 13.1. The van der Waals surface area contributed by atoms with Gasteiger partial charge in [0.25, 0.3) is 0 Å². The molecule has 1 aromatic rings. The lowest BCUT2D eigenvalue weighted by molar-refractivity contribution is 0.00578. The smallest absolute Gasteiger partial charge is 0.399 e. The minimum Gasteiger partial charge on any atom is -0.399 e. The fraction of sp³-hybridized carbons (Fsp3) is 0.500. The number of rotatable bonds is 2. The van der Waals surface area contributed by atoms with E-state index < -0.39 is 0 Å². The second-order valence-electron chi connectivity index (χ2n) is 5.62. The number of nitriles is 1. The van der Waals surface area contributed by atoms with Crippen LogP contribution in [-0.4, -0.2) is 18.3 Å². The highest BCUT2D eigenvalue weighted by Gasteiger charge is 2.52. The van der Waals surface area contributed by atoms with Crippen LogP contribution in [0.15, 0.2) is 24.3 Å².